The van der Waals surface area contributed by atoms with Crippen LogP contribution < -0.4 is 0 Å². The van der Waals surface area contributed by atoms with Gasteiger partial charge in [-0.15, -0.1) is 0 Å². The lowest BCUT2D eigenvalue weighted by Crippen LogP contribution is -2.25. The molecule has 60 valence electrons. The molecule has 0 unspecified atom stereocenters. The molecule has 2 heteroatoms. The van der Waals surface area contributed by atoms with E-state index in [-0.39, 0.29) is 0 Å². The van der Waals surface area contributed by atoms with Crippen LogP contribution in [0.2, 0.25) is 0 Å². The van der Waals surface area contributed by atoms with Crippen LogP contribution in [0, 0.1) is 5.92 Å². The van der Waals surface area contributed by atoms with E-state index >= 15 is 0 Å². The SMILES string of the molecule is CC(C)CN1CC[C@@H](F)C1. The molecule has 1 heterocycles. The number of hydrogen-bond acceptors (Lipinski definition) is 1. The summed E-state index contributed by atoms with van der Waals surface area (Å²) in [6, 6.07) is 0. The molecular formula is C8H16FN. The number of hydrogen-bond donors (Lipinski definition) is 0. The Kier molecular flexibility index (Phi) is 2.66. The van der Waals surface area contributed by atoms with Crippen LogP contribution in [0.4, 0.5) is 4.39 Å². The van der Waals surface area contributed by atoms with Gasteiger partial charge in [-0.2, -0.15) is 0 Å². The number of likely N-dealkylation sites (tertiary alicyclic amines) is 1. The Morgan fingerprint density at radius 1 is 1.60 bits per heavy atom. The molecule has 0 N–H and O–H groups in total. The molecule has 0 aliphatic carbocycles. The molecule has 0 amide bonds. The molecule has 0 radical (unpaired) electrons. The van der Waals surface area contributed by atoms with Crippen molar-refractivity contribution in [3.05, 3.63) is 0 Å². The maximum atomic E-state index is 12.6. The summed E-state index contributed by atoms with van der Waals surface area (Å²) in [7, 11) is 0. The van der Waals surface area contributed by atoms with Crippen molar-refractivity contribution in [1.82, 2.24) is 4.90 Å². The summed E-state index contributed by atoms with van der Waals surface area (Å²) in [5, 5.41) is 0. The predicted octanol–water partition coefficient (Wildman–Crippen LogP) is 1.69. The summed E-state index contributed by atoms with van der Waals surface area (Å²) in [5.41, 5.74) is 0. The first kappa shape index (κ1) is 7.99. The highest BCUT2D eigenvalue weighted by molar-refractivity contribution is 4.74. The second kappa shape index (κ2) is 3.33. The van der Waals surface area contributed by atoms with Gasteiger partial charge in [-0.3, -0.25) is 0 Å². The molecule has 1 aliphatic heterocycles. The van der Waals surface area contributed by atoms with Crippen molar-refractivity contribution in [2.24, 2.45) is 5.92 Å². The highest BCUT2D eigenvalue weighted by Gasteiger charge is 2.21. The van der Waals surface area contributed by atoms with Crippen LogP contribution >= 0.6 is 0 Å². The van der Waals surface area contributed by atoms with E-state index in [4.69, 9.17) is 0 Å². The van der Waals surface area contributed by atoms with Gasteiger partial charge >= 0.3 is 0 Å². The van der Waals surface area contributed by atoms with Crippen molar-refractivity contribution in [2.75, 3.05) is 19.6 Å². The largest absolute Gasteiger partial charge is 0.300 e. The van der Waals surface area contributed by atoms with E-state index < -0.39 is 6.17 Å². The third-order valence-electron chi connectivity index (χ3n) is 1.84. The first-order chi connectivity index (χ1) is 4.68. The second-order valence-corrected chi connectivity index (χ2v) is 3.54. The Balaban J connectivity index is 2.18. The average Bonchev–Trinajstić information content (AvgIpc) is 2.13. The topological polar surface area (TPSA) is 3.24 Å². The summed E-state index contributed by atoms with van der Waals surface area (Å²) in [5.74, 6) is 0.672. The van der Waals surface area contributed by atoms with Crippen molar-refractivity contribution in [3.8, 4) is 0 Å². The van der Waals surface area contributed by atoms with Gasteiger partial charge in [0, 0.05) is 19.6 Å². The van der Waals surface area contributed by atoms with E-state index in [2.05, 4.69) is 18.7 Å². The van der Waals surface area contributed by atoms with E-state index in [1.165, 1.54) is 0 Å². The molecule has 0 aromatic rings. The zero-order valence-corrected chi connectivity index (χ0v) is 6.81. The number of alkyl halides is 1. The summed E-state index contributed by atoms with van der Waals surface area (Å²) >= 11 is 0. The summed E-state index contributed by atoms with van der Waals surface area (Å²) in [4.78, 5) is 2.20. The molecule has 1 aliphatic rings. The van der Waals surface area contributed by atoms with Gasteiger partial charge < -0.3 is 4.90 Å². The first-order valence-electron chi connectivity index (χ1n) is 4.05. The fourth-order valence-electron chi connectivity index (χ4n) is 1.47. The normalized spacial score (nSPS) is 28.2. The maximum absolute atomic E-state index is 12.6. The van der Waals surface area contributed by atoms with Gasteiger partial charge in [-0.05, 0) is 12.3 Å². The predicted molar refractivity (Wildman–Crippen MR) is 40.8 cm³/mol. The molecular weight excluding hydrogens is 129 g/mol. The smallest absolute Gasteiger partial charge is 0.114 e. The second-order valence-electron chi connectivity index (χ2n) is 3.54. The molecule has 10 heavy (non-hydrogen) atoms. The quantitative estimate of drug-likeness (QED) is 0.571. The fraction of sp³-hybridized carbons (Fsp3) is 1.00. The lowest BCUT2D eigenvalue weighted by molar-refractivity contribution is 0.264. The van der Waals surface area contributed by atoms with E-state index in [0.717, 1.165) is 19.5 Å². The monoisotopic (exact) mass is 145 g/mol. The zero-order valence-electron chi connectivity index (χ0n) is 6.81. The van der Waals surface area contributed by atoms with Crippen LogP contribution in [0.1, 0.15) is 20.3 Å². The third kappa shape index (κ3) is 2.25. The molecule has 1 rings (SSSR count). The van der Waals surface area contributed by atoms with E-state index in [0.29, 0.717) is 12.5 Å². The van der Waals surface area contributed by atoms with E-state index in [1.54, 1.807) is 0 Å². The Morgan fingerprint density at radius 2 is 2.30 bits per heavy atom. The van der Waals surface area contributed by atoms with Crippen LogP contribution in [0.3, 0.4) is 0 Å². The first-order valence-corrected chi connectivity index (χ1v) is 4.05. The van der Waals surface area contributed by atoms with Gasteiger partial charge in [0.05, 0.1) is 0 Å². The Hall–Kier alpha value is -0.110. The lowest BCUT2D eigenvalue weighted by atomic mass is 10.2. The van der Waals surface area contributed by atoms with Gasteiger partial charge in [0.1, 0.15) is 6.17 Å². The van der Waals surface area contributed by atoms with Crippen molar-refractivity contribution in [1.29, 1.82) is 0 Å². The minimum Gasteiger partial charge on any atom is -0.300 e. The van der Waals surface area contributed by atoms with Crippen LogP contribution in [0.5, 0.6) is 0 Å². The van der Waals surface area contributed by atoms with Gasteiger partial charge in [-0.1, -0.05) is 13.8 Å². The van der Waals surface area contributed by atoms with Gasteiger partial charge in [0.15, 0.2) is 0 Å². The average molecular weight is 145 g/mol. The van der Waals surface area contributed by atoms with Crippen LogP contribution in [-0.4, -0.2) is 30.7 Å². The van der Waals surface area contributed by atoms with Crippen LogP contribution in [-0.2, 0) is 0 Å². The molecule has 0 aromatic heterocycles. The minimum absolute atomic E-state index is 0.557. The van der Waals surface area contributed by atoms with Crippen molar-refractivity contribution in [2.45, 2.75) is 26.4 Å². The van der Waals surface area contributed by atoms with Gasteiger partial charge in [0.25, 0.3) is 0 Å². The Labute approximate surface area is 62.2 Å². The van der Waals surface area contributed by atoms with Gasteiger partial charge in [0.2, 0.25) is 0 Å². The summed E-state index contributed by atoms with van der Waals surface area (Å²) < 4.78 is 12.6. The number of rotatable bonds is 2. The highest BCUT2D eigenvalue weighted by atomic mass is 19.1. The van der Waals surface area contributed by atoms with Crippen molar-refractivity contribution >= 4 is 0 Å². The summed E-state index contributed by atoms with van der Waals surface area (Å²) in [6.45, 7) is 7.02. The van der Waals surface area contributed by atoms with Crippen molar-refractivity contribution in [3.63, 3.8) is 0 Å². The maximum Gasteiger partial charge on any atom is 0.114 e. The van der Waals surface area contributed by atoms with E-state index in [9.17, 15) is 4.39 Å². The molecule has 1 nitrogen and oxygen atoms in total. The third-order valence-corrected chi connectivity index (χ3v) is 1.84. The molecule has 1 fully saturated rings. The lowest BCUT2D eigenvalue weighted by Gasteiger charge is -2.16. The van der Waals surface area contributed by atoms with Crippen LogP contribution in [0.15, 0.2) is 0 Å². The molecule has 1 atom stereocenters. The number of nitrogens with zero attached hydrogens (tertiary/aromatic N) is 1. The molecule has 0 bridgehead atoms. The molecule has 0 spiro atoms. The Morgan fingerprint density at radius 3 is 2.70 bits per heavy atom. The molecule has 1 saturated heterocycles. The fourth-order valence-corrected chi connectivity index (χ4v) is 1.47. The molecule has 0 saturated carbocycles. The summed E-state index contributed by atoms with van der Waals surface area (Å²) in [6.07, 6.45) is 0.186. The standard InChI is InChI=1S/C8H16FN/c1-7(2)5-10-4-3-8(9)6-10/h7-8H,3-6H2,1-2H3/t8-/m1/s1. The minimum atomic E-state index is -0.557. The van der Waals surface area contributed by atoms with E-state index in [1.807, 2.05) is 0 Å². The van der Waals surface area contributed by atoms with Gasteiger partial charge in [-0.25, -0.2) is 4.39 Å². The highest BCUT2D eigenvalue weighted by Crippen LogP contribution is 2.13. The van der Waals surface area contributed by atoms with Crippen molar-refractivity contribution < 1.29 is 4.39 Å². The Bertz CT molecular complexity index is 103. The molecule has 0 aromatic carbocycles. The zero-order chi connectivity index (χ0) is 7.56. The number of halogens is 1. The van der Waals surface area contributed by atoms with Crippen LogP contribution in [0.25, 0.3) is 0 Å².